The standard InChI is InChI=1S/C18H14N6O4S/c1-22-14(25)10-4-2-3-5-12(10)24-13(20-21-17(22)24)9-28-16(27)11-8-19-18-23(15(11)26)6-7-29-18/h2-5,8H,6-7,9H2,1H3. The van der Waals surface area contributed by atoms with Crippen molar-refractivity contribution < 1.29 is 9.53 Å². The van der Waals surface area contributed by atoms with Crippen LogP contribution in [0.4, 0.5) is 0 Å². The van der Waals surface area contributed by atoms with Crippen molar-refractivity contribution in [2.24, 2.45) is 7.05 Å². The average Bonchev–Trinajstić information content (AvgIpc) is 3.38. The van der Waals surface area contributed by atoms with E-state index in [1.807, 2.05) is 0 Å². The maximum Gasteiger partial charge on any atom is 0.345 e. The van der Waals surface area contributed by atoms with E-state index in [4.69, 9.17) is 4.74 Å². The van der Waals surface area contributed by atoms with Crippen LogP contribution >= 0.6 is 11.8 Å². The van der Waals surface area contributed by atoms with Gasteiger partial charge in [0.2, 0.25) is 5.78 Å². The van der Waals surface area contributed by atoms with Crippen molar-refractivity contribution in [3.63, 3.8) is 0 Å². The van der Waals surface area contributed by atoms with Crippen molar-refractivity contribution in [2.75, 3.05) is 5.75 Å². The summed E-state index contributed by atoms with van der Waals surface area (Å²) in [6.07, 6.45) is 1.25. The second-order valence-corrected chi connectivity index (χ2v) is 7.53. The third-order valence-corrected chi connectivity index (χ3v) is 5.77. The smallest absolute Gasteiger partial charge is 0.345 e. The maximum absolute atomic E-state index is 12.5. The Bertz CT molecular complexity index is 1420. The van der Waals surface area contributed by atoms with E-state index in [2.05, 4.69) is 15.2 Å². The molecule has 0 saturated heterocycles. The molecule has 0 unspecified atom stereocenters. The van der Waals surface area contributed by atoms with Crippen LogP contribution in [-0.2, 0) is 24.9 Å². The first-order valence-corrected chi connectivity index (χ1v) is 9.76. The Morgan fingerprint density at radius 3 is 2.90 bits per heavy atom. The molecule has 4 aromatic rings. The molecule has 3 aromatic heterocycles. The van der Waals surface area contributed by atoms with Crippen molar-refractivity contribution in [3.8, 4) is 0 Å². The minimum Gasteiger partial charge on any atom is -0.454 e. The van der Waals surface area contributed by atoms with Crippen molar-refractivity contribution in [3.05, 3.63) is 62.6 Å². The normalized spacial score (nSPS) is 13.1. The van der Waals surface area contributed by atoms with E-state index in [0.29, 0.717) is 34.2 Å². The Labute approximate surface area is 166 Å². The largest absolute Gasteiger partial charge is 0.454 e. The highest BCUT2D eigenvalue weighted by Crippen LogP contribution is 2.21. The number of ether oxygens (including phenoxy) is 1. The van der Waals surface area contributed by atoms with E-state index in [0.717, 1.165) is 5.75 Å². The number of aromatic nitrogens is 6. The summed E-state index contributed by atoms with van der Waals surface area (Å²) in [5.74, 6) is 0.639. The number of hydrogen-bond donors (Lipinski definition) is 0. The lowest BCUT2D eigenvalue weighted by Crippen LogP contribution is -2.27. The second-order valence-electron chi connectivity index (χ2n) is 6.47. The second kappa shape index (κ2) is 6.55. The first kappa shape index (κ1) is 17.6. The number of nitrogens with zero attached hydrogens (tertiary/aromatic N) is 6. The van der Waals surface area contributed by atoms with Gasteiger partial charge in [-0.1, -0.05) is 23.9 Å². The lowest BCUT2D eigenvalue weighted by atomic mass is 10.2. The molecule has 0 atom stereocenters. The number of esters is 1. The highest BCUT2D eigenvalue weighted by molar-refractivity contribution is 7.99. The zero-order chi connectivity index (χ0) is 20.1. The fraction of sp³-hybridized carbons (Fsp3) is 0.222. The molecule has 10 nitrogen and oxygen atoms in total. The molecule has 0 N–H and O–H groups in total. The molecule has 5 rings (SSSR count). The number of benzene rings is 1. The molecule has 0 aliphatic carbocycles. The monoisotopic (exact) mass is 410 g/mol. The number of hydrogen-bond acceptors (Lipinski definition) is 8. The summed E-state index contributed by atoms with van der Waals surface area (Å²) in [7, 11) is 1.60. The number of para-hydroxylation sites is 1. The van der Waals surface area contributed by atoms with Crippen LogP contribution in [0, 0.1) is 0 Å². The lowest BCUT2D eigenvalue weighted by molar-refractivity contribution is 0.0457. The van der Waals surface area contributed by atoms with Crippen LogP contribution in [0.15, 0.2) is 45.2 Å². The van der Waals surface area contributed by atoms with Crippen LogP contribution in [0.1, 0.15) is 16.2 Å². The van der Waals surface area contributed by atoms with Gasteiger partial charge in [-0.25, -0.2) is 9.78 Å². The van der Waals surface area contributed by atoms with E-state index < -0.39 is 11.5 Å². The van der Waals surface area contributed by atoms with Crippen LogP contribution in [0.2, 0.25) is 0 Å². The van der Waals surface area contributed by atoms with Crippen molar-refractivity contribution in [2.45, 2.75) is 18.3 Å². The molecule has 0 fully saturated rings. The first-order valence-electron chi connectivity index (χ1n) is 8.78. The van der Waals surface area contributed by atoms with E-state index >= 15 is 0 Å². The summed E-state index contributed by atoms with van der Waals surface area (Å²) < 4.78 is 9.84. The van der Waals surface area contributed by atoms with Gasteiger partial charge >= 0.3 is 5.97 Å². The Kier molecular flexibility index (Phi) is 3.98. The van der Waals surface area contributed by atoms with Crippen molar-refractivity contribution in [1.29, 1.82) is 0 Å². The predicted molar refractivity (Wildman–Crippen MR) is 104 cm³/mol. The van der Waals surface area contributed by atoms with Crippen molar-refractivity contribution >= 4 is 34.4 Å². The lowest BCUT2D eigenvalue weighted by Gasteiger charge is -2.08. The van der Waals surface area contributed by atoms with Gasteiger partial charge in [0.05, 0.1) is 17.1 Å². The topological polar surface area (TPSA) is 113 Å². The summed E-state index contributed by atoms with van der Waals surface area (Å²) in [6, 6.07) is 7.05. The summed E-state index contributed by atoms with van der Waals surface area (Å²) in [5, 5.41) is 9.21. The number of thioether (sulfide) groups is 1. The van der Waals surface area contributed by atoms with E-state index in [1.54, 1.807) is 35.7 Å². The number of carbonyl (C=O) groups excluding carboxylic acids is 1. The van der Waals surface area contributed by atoms with Crippen molar-refractivity contribution in [1.82, 2.24) is 28.7 Å². The number of carbonyl (C=O) groups is 1. The van der Waals surface area contributed by atoms with E-state index in [-0.39, 0.29) is 17.7 Å². The molecule has 0 spiro atoms. The van der Waals surface area contributed by atoms with E-state index in [1.165, 1.54) is 27.1 Å². The van der Waals surface area contributed by atoms with Gasteiger partial charge in [-0.2, -0.15) is 0 Å². The SMILES string of the molecule is Cn1c(=O)c2ccccc2n2c(COC(=O)c3cnc4n(c3=O)CCS4)nnc12. The predicted octanol–water partition coefficient (Wildman–Crippen LogP) is 0.601. The van der Waals surface area contributed by atoms with Gasteiger partial charge in [0.25, 0.3) is 11.1 Å². The van der Waals surface area contributed by atoms with Crippen LogP contribution in [-0.4, -0.2) is 40.4 Å². The maximum atomic E-state index is 12.5. The van der Waals surface area contributed by atoms with Gasteiger partial charge in [0, 0.05) is 19.3 Å². The van der Waals surface area contributed by atoms with Gasteiger partial charge in [0.1, 0.15) is 5.56 Å². The Morgan fingerprint density at radius 2 is 2.03 bits per heavy atom. The molecule has 1 aliphatic heterocycles. The van der Waals surface area contributed by atoms with Gasteiger partial charge in [-0.15, -0.1) is 10.2 Å². The molecule has 146 valence electrons. The van der Waals surface area contributed by atoms with Gasteiger partial charge in [-0.3, -0.25) is 23.1 Å². The number of fused-ring (bicyclic) bond motifs is 4. The molecular formula is C18H14N6O4S. The molecule has 29 heavy (non-hydrogen) atoms. The molecule has 1 aromatic carbocycles. The Morgan fingerprint density at radius 1 is 1.21 bits per heavy atom. The summed E-state index contributed by atoms with van der Waals surface area (Å²) in [5.41, 5.74) is -0.122. The minimum absolute atomic E-state index is 0.123. The van der Waals surface area contributed by atoms with Crippen LogP contribution in [0.3, 0.4) is 0 Å². The molecule has 11 heteroatoms. The molecule has 0 saturated carbocycles. The molecule has 1 aliphatic rings. The third kappa shape index (κ3) is 2.65. The molecule has 0 radical (unpaired) electrons. The molecular weight excluding hydrogens is 396 g/mol. The minimum atomic E-state index is -0.777. The van der Waals surface area contributed by atoms with Crippen LogP contribution in [0.5, 0.6) is 0 Å². The molecule has 4 heterocycles. The fourth-order valence-corrected chi connectivity index (χ4v) is 4.26. The number of aryl methyl sites for hydroxylation is 1. The summed E-state index contributed by atoms with van der Waals surface area (Å²) >= 11 is 1.47. The quantitative estimate of drug-likeness (QED) is 0.356. The summed E-state index contributed by atoms with van der Waals surface area (Å²) in [6.45, 7) is 0.305. The van der Waals surface area contributed by atoms with Crippen LogP contribution in [0.25, 0.3) is 16.7 Å². The first-order chi connectivity index (χ1) is 14.1. The Balaban J connectivity index is 1.51. The fourth-order valence-electron chi connectivity index (χ4n) is 3.35. The van der Waals surface area contributed by atoms with Crippen LogP contribution < -0.4 is 11.1 Å². The molecule has 0 bridgehead atoms. The highest BCUT2D eigenvalue weighted by atomic mass is 32.2. The highest BCUT2D eigenvalue weighted by Gasteiger charge is 2.22. The average molecular weight is 410 g/mol. The summed E-state index contributed by atoms with van der Waals surface area (Å²) in [4.78, 5) is 41.6. The zero-order valence-corrected chi connectivity index (χ0v) is 16.0. The van der Waals surface area contributed by atoms with Gasteiger partial charge in [0.15, 0.2) is 17.6 Å². The molecule has 0 amide bonds. The van der Waals surface area contributed by atoms with Gasteiger partial charge < -0.3 is 4.74 Å². The zero-order valence-electron chi connectivity index (χ0n) is 15.2. The third-order valence-electron chi connectivity index (χ3n) is 4.80. The van der Waals surface area contributed by atoms with E-state index in [9.17, 15) is 14.4 Å². The van der Waals surface area contributed by atoms with Gasteiger partial charge in [-0.05, 0) is 12.1 Å². The number of rotatable bonds is 3. The Hall–Kier alpha value is -3.47.